The van der Waals surface area contributed by atoms with E-state index in [0.717, 1.165) is 30.9 Å². The molecule has 1 aliphatic carbocycles. The van der Waals surface area contributed by atoms with Crippen molar-refractivity contribution >= 4 is 17.6 Å². The van der Waals surface area contributed by atoms with Crippen molar-refractivity contribution in [2.75, 3.05) is 18.1 Å². The zero-order chi connectivity index (χ0) is 13.6. The molecule has 1 aromatic heterocycles. The van der Waals surface area contributed by atoms with Gasteiger partial charge in [0.2, 0.25) is 0 Å². The number of thioether (sulfide) groups is 1. The molecule has 0 amide bonds. The molecule has 1 saturated carbocycles. The lowest BCUT2D eigenvalue weighted by Gasteiger charge is -2.36. The second-order valence-electron chi connectivity index (χ2n) is 5.45. The molecule has 0 aromatic carbocycles. The summed E-state index contributed by atoms with van der Waals surface area (Å²) in [6.07, 6.45) is 12.9. The van der Waals surface area contributed by atoms with Crippen LogP contribution in [0.15, 0.2) is 12.4 Å². The van der Waals surface area contributed by atoms with Crippen molar-refractivity contribution in [1.29, 1.82) is 0 Å². The molecule has 0 atom stereocenters. The maximum atomic E-state index is 4.34. The maximum absolute atomic E-state index is 4.34. The quantitative estimate of drug-likeness (QED) is 0.857. The van der Waals surface area contributed by atoms with E-state index in [1.807, 2.05) is 11.8 Å². The predicted octanol–water partition coefficient (Wildman–Crippen LogP) is 3.91. The fourth-order valence-corrected chi connectivity index (χ4v) is 3.70. The monoisotopic (exact) mass is 279 g/mol. The van der Waals surface area contributed by atoms with Gasteiger partial charge in [-0.1, -0.05) is 32.6 Å². The van der Waals surface area contributed by atoms with Gasteiger partial charge in [0.1, 0.15) is 12.1 Å². The summed E-state index contributed by atoms with van der Waals surface area (Å²) in [5, 5.41) is 3.53. The van der Waals surface area contributed by atoms with E-state index in [2.05, 4.69) is 34.5 Å². The maximum Gasteiger partial charge on any atom is 0.129 e. The van der Waals surface area contributed by atoms with E-state index in [-0.39, 0.29) is 0 Å². The Balaban J connectivity index is 1.94. The Kier molecular flexibility index (Phi) is 5.49. The molecule has 1 N–H and O–H groups in total. The van der Waals surface area contributed by atoms with Crippen LogP contribution in [0.4, 0.5) is 5.82 Å². The van der Waals surface area contributed by atoms with Crippen LogP contribution < -0.4 is 5.32 Å². The molecule has 0 bridgehead atoms. The third-order valence-corrected chi connectivity index (χ3v) is 5.44. The Morgan fingerprint density at radius 3 is 2.74 bits per heavy atom. The lowest BCUT2D eigenvalue weighted by molar-refractivity contribution is 0.411. The third kappa shape index (κ3) is 4.10. The van der Waals surface area contributed by atoms with Gasteiger partial charge >= 0.3 is 0 Å². The summed E-state index contributed by atoms with van der Waals surface area (Å²) in [4.78, 5) is 8.65. The molecule has 4 heteroatoms. The number of aromatic nitrogens is 2. The fraction of sp³-hybridized carbons (Fsp3) is 0.733. The molecule has 0 spiro atoms. The predicted molar refractivity (Wildman–Crippen MR) is 83.8 cm³/mol. The number of hydrogen-bond acceptors (Lipinski definition) is 4. The Labute approximate surface area is 121 Å². The van der Waals surface area contributed by atoms with Crippen LogP contribution in [0.2, 0.25) is 0 Å². The highest BCUT2D eigenvalue weighted by molar-refractivity contribution is 8.00. The smallest absolute Gasteiger partial charge is 0.129 e. The first-order valence-electron chi connectivity index (χ1n) is 7.38. The Morgan fingerprint density at radius 1 is 1.26 bits per heavy atom. The lowest BCUT2D eigenvalue weighted by atomic mass is 9.88. The number of nitrogens with zero attached hydrogens (tertiary/aromatic N) is 2. The van der Waals surface area contributed by atoms with Crippen molar-refractivity contribution in [2.45, 2.75) is 56.6 Å². The molecule has 106 valence electrons. The summed E-state index contributed by atoms with van der Waals surface area (Å²) in [5.74, 6) is 0.984. The first-order valence-corrected chi connectivity index (χ1v) is 8.60. The van der Waals surface area contributed by atoms with Gasteiger partial charge in [-0.15, -0.1) is 0 Å². The van der Waals surface area contributed by atoms with E-state index in [0.29, 0.717) is 4.75 Å². The zero-order valence-electron chi connectivity index (χ0n) is 12.1. The highest BCUT2D eigenvalue weighted by Gasteiger charge is 2.30. The zero-order valence-corrected chi connectivity index (χ0v) is 12.9. The van der Waals surface area contributed by atoms with Gasteiger partial charge in [-0.25, -0.2) is 9.97 Å². The van der Waals surface area contributed by atoms with Crippen LogP contribution in [0, 0.1) is 0 Å². The SMILES string of the molecule is CCCc1cc(NCC2(SC)CCCCC2)ncn1. The Hall–Kier alpha value is -0.770. The third-order valence-electron chi connectivity index (χ3n) is 4.02. The van der Waals surface area contributed by atoms with Crippen molar-refractivity contribution in [3.8, 4) is 0 Å². The minimum Gasteiger partial charge on any atom is -0.369 e. The summed E-state index contributed by atoms with van der Waals surface area (Å²) in [5.41, 5.74) is 1.14. The topological polar surface area (TPSA) is 37.8 Å². The van der Waals surface area contributed by atoms with Crippen LogP contribution in [-0.4, -0.2) is 27.5 Å². The van der Waals surface area contributed by atoms with Gasteiger partial charge in [-0.05, 0) is 25.5 Å². The van der Waals surface area contributed by atoms with Crippen LogP contribution in [0.3, 0.4) is 0 Å². The van der Waals surface area contributed by atoms with Crippen LogP contribution in [0.1, 0.15) is 51.1 Å². The first kappa shape index (κ1) is 14.6. The molecule has 1 heterocycles. The molecule has 2 rings (SSSR count). The highest BCUT2D eigenvalue weighted by atomic mass is 32.2. The van der Waals surface area contributed by atoms with E-state index >= 15 is 0 Å². The van der Waals surface area contributed by atoms with E-state index in [1.54, 1.807) is 6.33 Å². The molecule has 0 radical (unpaired) electrons. The summed E-state index contributed by atoms with van der Waals surface area (Å²) in [6, 6.07) is 2.10. The van der Waals surface area contributed by atoms with Crippen molar-refractivity contribution in [2.24, 2.45) is 0 Å². The van der Waals surface area contributed by atoms with Gasteiger partial charge in [0.15, 0.2) is 0 Å². The van der Waals surface area contributed by atoms with E-state index in [9.17, 15) is 0 Å². The standard InChI is InChI=1S/C15H25N3S/c1-3-7-13-10-14(18-12-17-13)16-11-15(19-2)8-5-4-6-9-15/h10,12H,3-9,11H2,1-2H3,(H,16,17,18). The molecule has 0 aliphatic heterocycles. The van der Waals surface area contributed by atoms with Crippen LogP contribution in [0.5, 0.6) is 0 Å². The first-order chi connectivity index (χ1) is 9.28. The Bertz CT molecular complexity index is 389. The van der Waals surface area contributed by atoms with E-state index < -0.39 is 0 Å². The summed E-state index contributed by atoms with van der Waals surface area (Å²) in [6.45, 7) is 3.21. The van der Waals surface area contributed by atoms with Gasteiger partial charge in [0, 0.05) is 23.1 Å². The van der Waals surface area contributed by atoms with Crippen LogP contribution >= 0.6 is 11.8 Å². The molecule has 0 unspecified atom stereocenters. The minimum absolute atomic E-state index is 0.411. The minimum atomic E-state index is 0.411. The van der Waals surface area contributed by atoms with Crippen molar-refractivity contribution < 1.29 is 0 Å². The van der Waals surface area contributed by atoms with Gasteiger partial charge in [-0.3, -0.25) is 0 Å². The Morgan fingerprint density at radius 2 is 2.05 bits per heavy atom. The van der Waals surface area contributed by atoms with Crippen molar-refractivity contribution in [1.82, 2.24) is 9.97 Å². The molecular formula is C15H25N3S. The molecule has 1 aliphatic rings. The molecule has 0 saturated heterocycles. The second-order valence-corrected chi connectivity index (χ2v) is 6.72. The molecule has 1 fully saturated rings. The number of aryl methyl sites for hydroxylation is 1. The van der Waals surface area contributed by atoms with E-state index in [1.165, 1.54) is 32.1 Å². The van der Waals surface area contributed by atoms with Crippen LogP contribution in [-0.2, 0) is 6.42 Å². The normalized spacial score (nSPS) is 18.2. The average Bonchev–Trinajstić information content (AvgIpc) is 2.47. The van der Waals surface area contributed by atoms with Gasteiger partial charge < -0.3 is 5.32 Å². The lowest BCUT2D eigenvalue weighted by Crippen LogP contribution is -2.35. The fourth-order valence-electron chi connectivity index (χ4n) is 2.79. The summed E-state index contributed by atoms with van der Waals surface area (Å²) >= 11 is 2.02. The molecule has 3 nitrogen and oxygen atoms in total. The number of rotatable bonds is 6. The number of nitrogens with one attached hydrogen (secondary N) is 1. The molecule has 1 aromatic rings. The van der Waals surface area contributed by atoms with E-state index in [4.69, 9.17) is 0 Å². The summed E-state index contributed by atoms with van der Waals surface area (Å²) in [7, 11) is 0. The second kappa shape index (κ2) is 7.13. The van der Waals surface area contributed by atoms with Crippen molar-refractivity contribution in [3.05, 3.63) is 18.1 Å². The van der Waals surface area contributed by atoms with Crippen LogP contribution in [0.25, 0.3) is 0 Å². The number of anilines is 1. The highest BCUT2D eigenvalue weighted by Crippen LogP contribution is 2.38. The molecular weight excluding hydrogens is 254 g/mol. The van der Waals surface area contributed by atoms with Crippen molar-refractivity contribution in [3.63, 3.8) is 0 Å². The number of hydrogen-bond donors (Lipinski definition) is 1. The van der Waals surface area contributed by atoms with Gasteiger partial charge in [0.05, 0.1) is 0 Å². The average molecular weight is 279 g/mol. The van der Waals surface area contributed by atoms with Gasteiger partial charge in [-0.2, -0.15) is 11.8 Å². The summed E-state index contributed by atoms with van der Waals surface area (Å²) < 4.78 is 0.411. The largest absolute Gasteiger partial charge is 0.369 e. The van der Waals surface area contributed by atoms with Gasteiger partial charge in [0.25, 0.3) is 0 Å². The molecule has 19 heavy (non-hydrogen) atoms.